The highest BCUT2D eigenvalue weighted by atomic mass is 79.9. The largest absolute Gasteiger partial charge is 0.321 e. The van der Waals surface area contributed by atoms with E-state index in [1.165, 1.54) is 16.1 Å². The van der Waals surface area contributed by atoms with E-state index in [9.17, 15) is 0 Å². The summed E-state index contributed by atoms with van der Waals surface area (Å²) in [5.41, 5.74) is 2.46. The van der Waals surface area contributed by atoms with Gasteiger partial charge in [-0.2, -0.15) is 0 Å². The SMILES string of the molecule is Cc1cc(Br)cnc1N(C)c1sccc1C. The molecule has 0 aliphatic heterocycles. The monoisotopic (exact) mass is 296 g/mol. The normalized spacial score (nSPS) is 10.5. The van der Waals surface area contributed by atoms with Crippen LogP contribution in [0.25, 0.3) is 0 Å². The van der Waals surface area contributed by atoms with Gasteiger partial charge in [-0.25, -0.2) is 4.98 Å². The zero-order chi connectivity index (χ0) is 11.7. The van der Waals surface area contributed by atoms with Crippen molar-refractivity contribution >= 4 is 38.1 Å². The molecular formula is C12H13BrN2S. The molecule has 0 aliphatic carbocycles. The highest BCUT2D eigenvalue weighted by molar-refractivity contribution is 9.10. The smallest absolute Gasteiger partial charge is 0.136 e. The van der Waals surface area contributed by atoms with Crippen LogP contribution in [-0.2, 0) is 0 Å². The summed E-state index contributed by atoms with van der Waals surface area (Å²) >= 11 is 5.17. The van der Waals surface area contributed by atoms with Gasteiger partial charge in [0.2, 0.25) is 0 Å². The third-order valence-electron chi connectivity index (χ3n) is 2.47. The Morgan fingerprint density at radius 2 is 2.06 bits per heavy atom. The lowest BCUT2D eigenvalue weighted by Crippen LogP contribution is -2.12. The maximum absolute atomic E-state index is 4.46. The second-order valence-electron chi connectivity index (χ2n) is 3.76. The number of hydrogen-bond acceptors (Lipinski definition) is 3. The minimum absolute atomic E-state index is 1.01. The van der Waals surface area contributed by atoms with Gasteiger partial charge in [-0.3, -0.25) is 0 Å². The molecule has 0 fully saturated rings. The Kier molecular flexibility index (Phi) is 3.30. The van der Waals surface area contributed by atoms with Crippen molar-refractivity contribution in [3.63, 3.8) is 0 Å². The molecule has 16 heavy (non-hydrogen) atoms. The predicted molar refractivity (Wildman–Crippen MR) is 73.8 cm³/mol. The minimum atomic E-state index is 1.01. The third kappa shape index (κ3) is 2.13. The molecule has 2 aromatic heterocycles. The first kappa shape index (κ1) is 11.6. The number of thiophene rings is 1. The van der Waals surface area contributed by atoms with Gasteiger partial charge in [0.1, 0.15) is 5.82 Å². The van der Waals surface area contributed by atoms with Crippen molar-refractivity contribution in [2.45, 2.75) is 13.8 Å². The molecule has 84 valence electrons. The molecule has 0 saturated heterocycles. The van der Waals surface area contributed by atoms with Crippen LogP contribution < -0.4 is 4.90 Å². The molecule has 0 atom stereocenters. The number of pyridine rings is 1. The summed E-state index contributed by atoms with van der Waals surface area (Å²) in [6.07, 6.45) is 1.84. The number of nitrogens with zero attached hydrogens (tertiary/aromatic N) is 2. The van der Waals surface area contributed by atoms with Gasteiger partial charge in [0, 0.05) is 17.7 Å². The Bertz CT molecular complexity index is 507. The Labute approximate surface area is 108 Å². The number of aromatic nitrogens is 1. The van der Waals surface area contributed by atoms with Crippen molar-refractivity contribution in [2.24, 2.45) is 0 Å². The number of rotatable bonds is 2. The quantitative estimate of drug-likeness (QED) is 0.822. The summed E-state index contributed by atoms with van der Waals surface area (Å²) in [6, 6.07) is 4.21. The lowest BCUT2D eigenvalue weighted by Gasteiger charge is -2.19. The van der Waals surface area contributed by atoms with Gasteiger partial charge in [-0.05, 0) is 58.4 Å². The van der Waals surface area contributed by atoms with Gasteiger partial charge < -0.3 is 4.90 Å². The molecule has 2 nitrogen and oxygen atoms in total. The van der Waals surface area contributed by atoms with Gasteiger partial charge in [0.05, 0.1) is 5.00 Å². The van der Waals surface area contributed by atoms with Crippen molar-refractivity contribution < 1.29 is 0 Å². The zero-order valence-corrected chi connectivity index (χ0v) is 11.9. The molecule has 0 radical (unpaired) electrons. The molecule has 2 aromatic rings. The second-order valence-corrected chi connectivity index (χ2v) is 5.57. The van der Waals surface area contributed by atoms with E-state index in [-0.39, 0.29) is 0 Å². The maximum Gasteiger partial charge on any atom is 0.136 e. The molecule has 0 unspecified atom stereocenters. The summed E-state index contributed by atoms with van der Waals surface area (Å²) in [6.45, 7) is 4.20. The number of aryl methyl sites for hydroxylation is 2. The molecule has 2 heterocycles. The summed E-state index contributed by atoms with van der Waals surface area (Å²) in [4.78, 5) is 6.60. The van der Waals surface area contributed by atoms with Crippen molar-refractivity contribution in [3.05, 3.63) is 39.3 Å². The molecule has 0 bridgehead atoms. The molecule has 4 heteroatoms. The van der Waals surface area contributed by atoms with Crippen LogP contribution in [0, 0.1) is 13.8 Å². The highest BCUT2D eigenvalue weighted by Gasteiger charge is 2.11. The van der Waals surface area contributed by atoms with E-state index >= 15 is 0 Å². The van der Waals surface area contributed by atoms with Crippen molar-refractivity contribution in [1.82, 2.24) is 4.98 Å². The minimum Gasteiger partial charge on any atom is -0.321 e. The van der Waals surface area contributed by atoms with Gasteiger partial charge in [-0.1, -0.05) is 0 Å². The van der Waals surface area contributed by atoms with E-state index < -0.39 is 0 Å². The zero-order valence-electron chi connectivity index (χ0n) is 9.49. The van der Waals surface area contributed by atoms with Crippen LogP contribution in [0.3, 0.4) is 0 Å². The van der Waals surface area contributed by atoms with Gasteiger partial charge in [-0.15, -0.1) is 11.3 Å². The van der Waals surface area contributed by atoms with E-state index in [1.807, 2.05) is 6.20 Å². The summed E-state index contributed by atoms with van der Waals surface area (Å²) < 4.78 is 1.02. The fourth-order valence-corrected chi connectivity index (χ4v) is 3.03. The average molecular weight is 297 g/mol. The number of halogens is 1. The molecule has 0 amide bonds. The van der Waals surface area contributed by atoms with Crippen LogP contribution in [0.5, 0.6) is 0 Å². The fourth-order valence-electron chi connectivity index (χ4n) is 1.69. The summed E-state index contributed by atoms with van der Waals surface area (Å²) in [7, 11) is 2.06. The topological polar surface area (TPSA) is 16.1 Å². The van der Waals surface area contributed by atoms with Crippen LogP contribution in [0.1, 0.15) is 11.1 Å². The van der Waals surface area contributed by atoms with Crippen LogP contribution in [-0.4, -0.2) is 12.0 Å². The summed E-state index contributed by atoms with van der Waals surface area (Å²) in [5.74, 6) is 1.01. The van der Waals surface area contributed by atoms with E-state index in [0.29, 0.717) is 0 Å². The van der Waals surface area contributed by atoms with Crippen LogP contribution in [0.15, 0.2) is 28.2 Å². The van der Waals surface area contributed by atoms with Gasteiger partial charge in [0.25, 0.3) is 0 Å². The Morgan fingerprint density at radius 1 is 1.31 bits per heavy atom. The first-order chi connectivity index (χ1) is 7.59. The molecule has 0 saturated carbocycles. The fraction of sp³-hybridized carbons (Fsp3) is 0.250. The number of anilines is 2. The molecule has 0 aromatic carbocycles. The van der Waals surface area contributed by atoms with Crippen LogP contribution in [0.2, 0.25) is 0 Å². The first-order valence-electron chi connectivity index (χ1n) is 4.99. The molecule has 0 N–H and O–H groups in total. The first-order valence-corrected chi connectivity index (χ1v) is 6.67. The Hall–Kier alpha value is -0.870. The van der Waals surface area contributed by atoms with Gasteiger partial charge in [0.15, 0.2) is 0 Å². The third-order valence-corrected chi connectivity index (χ3v) is 4.00. The van der Waals surface area contributed by atoms with Crippen LogP contribution >= 0.6 is 27.3 Å². The average Bonchev–Trinajstić information content (AvgIpc) is 2.63. The standard InChI is InChI=1S/C12H13BrN2S/c1-8-4-5-16-12(8)15(3)11-9(2)6-10(13)7-14-11/h4-7H,1-3H3. The van der Waals surface area contributed by atoms with E-state index in [2.05, 4.69) is 64.2 Å². The van der Waals surface area contributed by atoms with E-state index in [1.54, 1.807) is 11.3 Å². The van der Waals surface area contributed by atoms with Crippen LogP contribution in [0.4, 0.5) is 10.8 Å². The molecule has 0 aliphatic rings. The van der Waals surface area contributed by atoms with Crippen molar-refractivity contribution in [2.75, 3.05) is 11.9 Å². The number of hydrogen-bond donors (Lipinski definition) is 0. The Morgan fingerprint density at radius 3 is 2.62 bits per heavy atom. The molecule has 0 spiro atoms. The maximum atomic E-state index is 4.46. The van der Waals surface area contributed by atoms with Gasteiger partial charge >= 0.3 is 0 Å². The van der Waals surface area contributed by atoms with Crippen molar-refractivity contribution in [3.8, 4) is 0 Å². The summed E-state index contributed by atoms with van der Waals surface area (Å²) in [5, 5.41) is 3.35. The second kappa shape index (κ2) is 4.55. The predicted octanol–water partition coefficient (Wildman–Crippen LogP) is 4.29. The lowest BCUT2D eigenvalue weighted by molar-refractivity contribution is 1.10. The highest BCUT2D eigenvalue weighted by Crippen LogP contribution is 2.32. The molecular weight excluding hydrogens is 284 g/mol. The van der Waals surface area contributed by atoms with E-state index in [4.69, 9.17) is 0 Å². The van der Waals surface area contributed by atoms with Crippen molar-refractivity contribution in [1.29, 1.82) is 0 Å². The molecule has 2 rings (SSSR count). The lowest BCUT2D eigenvalue weighted by atomic mass is 10.2. The van der Waals surface area contributed by atoms with E-state index in [0.717, 1.165) is 10.3 Å². The Balaban J connectivity index is 2.41.